The average Bonchev–Trinajstić information content (AvgIpc) is 3.03. The van der Waals surface area contributed by atoms with Gasteiger partial charge in [0.05, 0.1) is 47.3 Å². The van der Waals surface area contributed by atoms with Crippen molar-refractivity contribution >= 4 is 60.8 Å². The molecule has 4 atom stereocenters. The summed E-state index contributed by atoms with van der Waals surface area (Å²) in [5.41, 5.74) is -8.36. The quantitative estimate of drug-likeness (QED) is 0.0603. The molecule has 70 heavy (non-hydrogen) atoms. The van der Waals surface area contributed by atoms with Crippen molar-refractivity contribution in [1.29, 1.82) is 0 Å². The molecule has 408 valence electrons. The molecule has 0 fully saturated rings. The van der Waals surface area contributed by atoms with Crippen LogP contribution in [0.1, 0.15) is 88.8 Å². The highest BCUT2D eigenvalue weighted by atomic mass is 31.2. The second kappa shape index (κ2) is 23.5. The summed E-state index contributed by atoms with van der Waals surface area (Å²) in [5, 5.41) is 0. The van der Waals surface area contributed by atoms with Crippen LogP contribution in [-0.4, -0.2) is 126 Å². The van der Waals surface area contributed by atoms with Crippen LogP contribution in [0.4, 0.5) is 0 Å². The van der Waals surface area contributed by atoms with Gasteiger partial charge in [0.15, 0.2) is 0 Å². The van der Waals surface area contributed by atoms with Gasteiger partial charge in [-0.15, -0.1) is 0 Å². The smallest absolute Gasteiger partial charge is 0.324 e. The number of benzene rings is 2. The standard InChI is InChI=1S/C20H38O12P4.C18H34O12P4/c1-13-7-16(10-18(36(30,31)32)20(5,6)12-34(24,25)26)14(2)8-15(13)9-17(35(27,28)29)19(3,4)11-33(21,22)23;1-17(2,11-31(19,20)21)15(33(25,26)27)9-13-5-7-14(8-6-13)10-16(34(28,29)30)18(3,4)12-32(22,23)24/h7-8,17-18H,9-12H2,1-6H3,(H2,21,22,23)(H2,24,25,26)(H2,27,28,29)(H2,30,31,32);5-8,15-16H,9-12H2,1-4H3,(H2,19,20,21)(H2,22,23,24)(H2,25,26,27)(H2,28,29,30). The van der Waals surface area contributed by atoms with E-state index >= 15 is 0 Å². The van der Waals surface area contributed by atoms with Gasteiger partial charge >= 0.3 is 60.8 Å². The molecule has 0 aliphatic carbocycles. The first kappa shape index (κ1) is 67.7. The van der Waals surface area contributed by atoms with E-state index in [9.17, 15) is 115 Å². The van der Waals surface area contributed by atoms with Gasteiger partial charge in [-0.3, -0.25) is 36.5 Å². The van der Waals surface area contributed by atoms with Gasteiger partial charge in [0.1, 0.15) is 0 Å². The minimum absolute atomic E-state index is 0.199. The van der Waals surface area contributed by atoms with E-state index in [1.807, 2.05) is 0 Å². The maximum absolute atomic E-state index is 12.3. The second-order valence-corrected chi connectivity index (χ2v) is 34.8. The lowest BCUT2D eigenvalue weighted by molar-refractivity contribution is 0.275. The number of aryl methyl sites for hydroxylation is 2. The fraction of sp³-hybridized carbons (Fsp3) is 0.684. The Hall–Kier alpha value is -0.360. The zero-order chi connectivity index (χ0) is 55.7. The van der Waals surface area contributed by atoms with Crippen molar-refractivity contribution in [1.82, 2.24) is 0 Å². The maximum Gasteiger partial charge on any atom is 0.329 e. The molecule has 2 aromatic carbocycles. The highest BCUT2D eigenvalue weighted by Gasteiger charge is 2.49. The lowest BCUT2D eigenvalue weighted by Gasteiger charge is -2.36. The summed E-state index contributed by atoms with van der Waals surface area (Å²) < 4.78 is 94.9. The third-order valence-corrected chi connectivity index (χ3v) is 23.9. The zero-order valence-electron chi connectivity index (χ0n) is 40.4. The highest BCUT2D eigenvalue weighted by molar-refractivity contribution is 7.55. The molecule has 24 nitrogen and oxygen atoms in total. The van der Waals surface area contributed by atoms with E-state index in [4.69, 9.17) is 0 Å². The minimum atomic E-state index is -4.80. The van der Waals surface area contributed by atoms with Gasteiger partial charge in [0.2, 0.25) is 0 Å². The SMILES string of the molecule is CC(C)(CP(=O)(O)O)C(Cc1ccc(CC(C(C)(C)CP(=O)(O)O)P(=O)(O)O)cc1)P(=O)(O)O.Cc1cc(CC(C(C)(C)CP(=O)(O)O)P(=O)(O)O)c(C)cc1CC(C(C)(C)CP(=O)(O)O)P(=O)(O)O. The van der Waals surface area contributed by atoms with Crippen molar-refractivity contribution < 1.29 is 115 Å². The molecule has 0 heterocycles. The van der Waals surface area contributed by atoms with Gasteiger partial charge in [-0.1, -0.05) is 91.8 Å². The van der Waals surface area contributed by atoms with Crippen LogP contribution in [0.25, 0.3) is 0 Å². The Kier molecular flexibility index (Phi) is 22.7. The van der Waals surface area contributed by atoms with Crippen LogP contribution in [-0.2, 0) is 62.2 Å². The van der Waals surface area contributed by atoms with Crippen LogP contribution < -0.4 is 0 Å². The third-order valence-electron chi connectivity index (χ3n) is 12.2. The molecule has 32 heteroatoms. The second-order valence-electron chi connectivity index (χ2n) is 21.0. The predicted octanol–water partition coefficient (Wildman–Crippen LogP) is 5.16. The maximum atomic E-state index is 12.3. The fourth-order valence-corrected chi connectivity index (χ4v) is 20.5. The Balaban J connectivity index is 0.000000701. The Bertz CT molecular complexity index is 2340. The Morgan fingerprint density at radius 3 is 0.671 bits per heavy atom. The Morgan fingerprint density at radius 1 is 0.343 bits per heavy atom. The van der Waals surface area contributed by atoms with Crippen LogP contribution in [0.3, 0.4) is 0 Å². The first-order chi connectivity index (χ1) is 30.5. The summed E-state index contributed by atoms with van der Waals surface area (Å²) >= 11 is 0. The van der Waals surface area contributed by atoms with Crippen LogP contribution in [0.5, 0.6) is 0 Å². The molecule has 0 aromatic heterocycles. The van der Waals surface area contributed by atoms with Crippen molar-refractivity contribution in [2.75, 3.05) is 24.6 Å². The topological polar surface area (TPSA) is 460 Å². The molecule has 0 spiro atoms. The normalized spacial score (nSPS) is 16.3. The van der Waals surface area contributed by atoms with Gasteiger partial charge in [-0.05, 0) is 94.6 Å². The molecule has 0 aliphatic heterocycles. The van der Waals surface area contributed by atoms with E-state index in [2.05, 4.69) is 0 Å². The zero-order valence-corrected chi connectivity index (χ0v) is 47.6. The van der Waals surface area contributed by atoms with E-state index in [0.717, 1.165) is 0 Å². The molecule has 0 amide bonds. The first-order valence-corrected chi connectivity index (χ1v) is 35.0. The summed E-state index contributed by atoms with van der Waals surface area (Å²) in [6.07, 6.45) is -3.73. The molecule has 0 saturated carbocycles. The lowest BCUT2D eigenvalue weighted by atomic mass is 9.83. The molecular formula is C38H72O24P8. The van der Waals surface area contributed by atoms with Crippen LogP contribution in [0.15, 0.2) is 36.4 Å². The molecule has 0 saturated heterocycles. The van der Waals surface area contributed by atoms with E-state index in [1.165, 1.54) is 79.7 Å². The van der Waals surface area contributed by atoms with E-state index < -0.39 is 130 Å². The van der Waals surface area contributed by atoms with Gasteiger partial charge in [-0.25, -0.2) is 0 Å². The molecule has 16 N–H and O–H groups in total. The summed E-state index contributed by atoms with van der Waals surface area (Å²) in [7, 11) is -37.4. The molecular weight excluding hydrogens is 1090 g/mol. The van der Waals surface area contributed by atoms with Gasteiger partial charge < -0.3 is 78.3 Å². The average molecular weight is 1160 g/mol. The third kappa shape index (κ3) is 23.3. The summed E-state index contributed by atoms with van der Waals surface area (Å²) in [6, 6.07) is 9.15. The van der Waals surface area contributed by atoms with Gasteiger partial charge in [0, 0.05) is 0 Å². The Morgan fingerprint density at radius 2 is 0.514 bits per heavy atom. The molecule has 2 aromatic rings. The fourth-order valence-electron chi connectivity index (χ4n) is 9.00. The van der Waals surface area contributed by atoms with E-state index in [0.29, 0.717) is 33.4 Å². The van der Waals surface area contributed by atoms with Crippen molar-refractivity contribution in [2.45, 2.75) is 118 Å². The highest BCUT2D eigenvalue weighted by Crippen LogP contribution is 2.59. The number of rotatable bonds is 24. The number of hydrogen-bond donors (Lipinski definition) is 16. The van der Waals surface area contributed by atoms with Crippen LogP contribution in [0.2, 0.25) is 0 Å². The van der Waals surface area contributed by atoms with Crippen molar-refractivity contribution in [2.24, 2.45) is 21.7 Å². The van der Waals surface area contributed by atoms with E-state index in [-0.39, 0.29) is 25.7 Å². The first-order valence-electron chi connectivity index (χ1n) is 21.1. The molecule has 0 aliphatic rings. The largest absolute Gasteiger partial charge is 0.329 e. The summed E-state index contributed by atoms with van der Waals surface area (Å²) in [5.74, 6) is 0. The molecule has 0 bridgehead atoms. The van der Waals surface area contributed by atoms with Crippen molar-refractivity contribution in [3.63, 3.8) is 0 Å². The minimum Gasteiger partial charge on any atom is -0.324 e. The lowest BCUT2D eigenvalue weighted by Crippen LogP contribution is -2.35. The van der Waals surface area contributed by atoms with Gasteiger partial charge in [-0.2, -0.15) is 0 Å². The molecule has 0 radical (unpaired) electrons. The van der Waals surface area contributed by atoms with Crippen molar-refractivity contribution in [3.05, 3.63) is 69.8 Å². The van der Waals surface area contributed by atoms with Crippen molar-refractivity contribution in [3.8, 4) is 0 Å². The summed E-state index contributed by atoms with van der Waals surface area (Å²) in [4.78, 5) is 154. The van der Waals surface area contributed by atoms with E-state index in [1.54, 1.807) is 26.0 Å². The van der Waals surface area contributed by atoms with Crippen LogP contribution >= 0.6 is 60.8 Å². The van der Waals surface area contributed by atoms with Crippen LogP contribution in [0, 0.1) is 35.5 Å². The summed E-state index contributed by atoms with van der Waals surface area (Å²) in [6.45, 7) is 14.2. The molecule has 2 rings (SSSR count). The monoisotopic (exact) mass is 1160 g/mol. The Labute approximate surface area is 407 Å². The van der Waals surface area contributed by atoms with Gasteiger partial charge in [0.25, 0.3) is 0 Å². The number of hydrogen-bond acceptors (Lipinski definition) is 8. The predicted molar refractivity (Wildman–Crippen MR) is 263 cm³/mol. The molecule has 4 unspecified atom stereocenters.